The Morgan fingerprint density at radius 1 is 1.17 bits per heavy atom. The molecule has 1 heterocycles. The number of nitrogens with zero attached hydrogens (tertiary/aromatic N) is 2. The lowest BCUT2D eigenvalue weighted by Gasteiger charge is -2.22. The summed E-state index contributed by atoms with van der Waals surface area (Å²) in [7, 11) is 2.11. The molecule has 0 spiro atoms. The third-order valence-electron chi connectivity index (χ3n) is 5.01. The second-order valence-corrected chi connectivity index (χ2v) is 8.70. The topological polar surface area (TPSA) is 54.5 Å². The first-order valence-electron chi connectivity index (χ1n) is 10.1. The van der Waals surface area contributed by atoms with Crippen LogP contribution in [0.2, 0.25) is 0 Å². The number of carbonyl (C=O) groups excluding carboxylic acids is 1. The maximum Gasteiger partial charge on any atom is 0.251 e. The largest absolute Gasteiger partial charge is 0.487 e. The van der Waals surface area contributed by atoms with Crippen molar-refractivity contribution in [1.29, 1.82) is 0 Å². The zero-order valence-corrected chi connectivity index (χ0v) is 18.8. The molecule has 3 aromatic rings. The van der Waals surface area contributed by atoms with E-state index in [1.165, 1.54) is 5.56 Å². The minimum atomic E-state index is -0.114. The van der Waals surface area contributed by atoms with Crippen molar-refractivity contribution in [3.8, 4) is 5.75 Å². The van der Waals surface area contributed by atoms with Crippen molar-refractivity contribution in [3.63, 3.8) is 0 Å². The monoisotopic (exact) mass is 423 g/mol. The van der Waals surface area contributed by atoms with Crippen molar-refractivity contribution < 1.29 is 9.53 Å². The summed E-state index contributed by atoms with van der Waals surface area (Å²) in [5.41, 5.74) is 3.84. The summed E-state index contributed by atoms with van der Waals surface area (Å²) in [6.45, 7) is 8.06. The van der Waals surface area contributed by atoms with E-state index in [0.717, 1.165) is 22.8 Å². The number of rotatable bonds is 9. The minimum absolute atomic E-state index is 0.114. The van der Waals surface area contributed by atoms with Crippen molar-refractivity contribution in [2.75, 3.05) is 7.05 Å². The van der Waals surface area contributed by atoms with Crippen LogP contribution >= 0.6 is 11.3 Å². The van der Waals surface area contributed by atoms with Crippen molar-refractivity contribution >= 4 is 17.2 Å². The molecule has 0 bridgehead atoms. The van der Waals surface area contributed by atoms with Crippen molar-refractivity contribution in [3.05, 3.63) is 81.3 Å². The van der Waals surface area contributed by atoms with E-state index >= 15 is 0 Å². The van der Waals surface area contributed by atoms with E-state index in [9.17, 15) is 4.79 Å². The van der Waals surface area contributed by atoms with Crippen molar-refractivity contribution in [1.82, 2.24) is 15.2 Å². The fourth-order valence-electron chi connectivity index (χ4n) is 2.97. The molecule has 0 saturated carbocycles. The normalized spacial score (nSPS) is 11.1. The number of hydrogen-bond acceptors (Lipinski definition) is 5. The number of carbonyl (C=O) groups is 1. The van der Waals surface area contributed by atoms with Gasteiger partial charge in [0.15, 0.2) is 0 Å². The number of aromatic nitrogens is 1. The summed E-state index contributed by atoms with van der Waals surface area (Å²) in [4.78, 5) is 19.4. The van der Waals surface area contributed by atoms with E-state index in [2.05, 4.69) is 48.2 Å². The molecule has 30 heavy (non-hydrogen) atoms. The second kappa shape index (κ2) is 10.4. The van der Waals surface area contributed by atoms with E-state index in [0.29, 0.717) is 30.5 Å². The maximum absolute atomic E-state index is 12.7. The molecule has 0 unspecified atom stereocenters. The highest BCUT2D eigenvalue weighted by Gasteiger charge is 2.11. The van der Waals surface area contributed by atoms with Crippen LogP contribution in [0.5, 0.6) is 5.75 Å². The molecule has 1 aromatic heterocycles. The molecule has 3 rings (SSSR count). The van der Waals surface area contributed by atoms with Crippen LogP contribution in [-0.2, 0) is 19.7 Å². The summed E-state index contributed by atoms with van der Waals surface area (Å²) in [5, 5.41) is 6.04. The highest BCUT2D eigenvalue weighted by molar-refractivity contribution is 7.09. The van der Waals surface area contributed by atoms with Crippen molar-refractivity contribution in [2.24, 2.45) is 0 Å². The van der Waals surface area contributed by atoms with Gasteiger partial charge in [-0.05, 0) is 57.1 Å². The predicted octanol–water partition coefficient (Wildman–Crippen LogP) is 4.80. The first-order valence-corrected chi connectivity index (χ1v) is 11.0. The lowest BCUT2D eigenvalue weighted by Crippen LogP contribution is -2.27. The number of amides is 1. The number of nitrogens with one attached hydrogen (secondary N) is 1. The van der Waals surface area contributed by atoms with Gasteiger partial charge in [-0.15, -0.1) is 11.3 Å². The van der Waals surface area contributed by atoms with Gasteiger partial charge in [0.05, 0.1) is 10.7 Å². The van der Waals surface area contributed by atoms with Gasteiger partial charge in [0, 0.05) is 30.1 Å². The molecule has 0 aliphatic carbocycles. The van der Waals surface area contributed by atoms with Gasteiger partial charge >= 0.3 is 0 Å². The van der Waals surface area contributed by atoms with Crippen LogP contribution in [0.1, 0.15) is 46.0 Å². The van der Waals surface area contributed by atoms with Crippen LogP contribution in [-0.4, -0.2) is 28.9 Å². The Bertz CT molecular complexity index is 984. The Hall–Kier alpha value is -2.70. The number of thiazole rings is 1. The van der Waals surface area contributed by atoms with Crippen LogP contribution in [0, 0.1) is 6.92 Å². The number of aryl methyl sites for hydroxylation is 1. The molecule has 0 aliphatic rings. The fraction of sp³-hybridized carbons (Fsp3) is 0.333. The van der Waals surface area contributed by atoms with Crippen LogP contribution in [0.4, 0.5) is 0 Å². The third kappa shape index (κ3) is 6.15. The molecule has 0 saturated heterocycles. The molecule has 158 valence electrons. The maximum atomic E-state index is 12.7. The molecular formula is C24H29N3O2S. The quantitative estimate of drug-likeness (QED) is 0.537. The Kier molecular flexibility index (Phi) is 7.60. The number of hydrogen-bond donors (Lipinski definition) is 1. The smallest absolute Gasteiger partial charge is 0.251 e. The number of benzene rings is 2. The van der Waals surface area contributed by atoms with Gasteiger partial charge in [-0.3, -0.25) is 9.69 Å². The lowest BCUT2D eigenvalue weighted by molar-refractivity contribution is 0.0950. The van der Waals surface area contributed by atoms with Gasteiger partial charge in [0.1, 0.15) is 12.4 Å². The molecule has 0 fully saturated rings. The minimum Gasteiger partial charge on any atom is -0.487 e. The molecule has 5 nitrogen and oxygen atoms in total. The Morgan fingerprint density at radius 2 is 1.93 bits per heavy atom. The first kappa shape index (κ1) is 22.0. The molecular weight excluding hydrogens is 394 g/mol. The molecule has 0 radical (unpaired) electrons. The zero-order valence-electron chi connectivity index (χ0n) is 18.0. The molecule has 2 aromatic carbocycles. The fourth-order valence-corrected chi connectivity index (χ4v) is 3.57. The van der Waals surface area contributed by atoms with E-state index < -0.39 is 0 Å². The standard InChI is InChI=1S/C24H29N3O2S/c1-17(2)27(4)14-21-9-6-5-8-20(21)13-25-24(28)19-10-7-11-23(12-19)29-15-22-16-30-18(3)26-22/h5-12,16-17H,13-15H2,1-4H3,(H,25,28). The van der Waals surface area contributed by atoms with Gasteiger partial charge in [0.25, 0.3) is 5.91 Å². The average Bonchev–Trinajstić information content (AvgIpc) is 3.16. The summed E-state index contributed by atoms with van der Waals surface area (Å²) in [5.74, 6) is 0.546. The predicted molar refractivity (Wildman–Crippen MR) is 122 cm³/mol. The van der Waals surface area contributed by atoms with E-state index in [4.69, 9.17) is 4.74 Å². The average molecular weight is 424 g/mol. The molecule has 0 atom stereocenters. The van der Waals surface area contributed by atoms with Crippen LogP contribution in [0.15, 0.2) is 53.9 Å². The van der Waals surface area contributed by atoms with Crippen molar-refractivity contribution in [2.45, 2.75) is 46.5 Å². The van der Waals surface area contributed by atoms with Gasteiger partial charge < -0.3 is 10.1 Å². The van der Waals surface area contributed by atoms with E-state index in [1.54, 1.807) is 23.5 Å². The Morgan fingerprint density at radius 3 is 2.63 bits per heavy atom. The van der Waals surface area contributed by atoms with Crippen LogP contribution in [0.3, 0.4) is 0 Å². The highest BCUT2D eigenvalue weighted by atomic mass is 32.1. The van der Waals surface area contributed by atoms with Gasteiger partial charge in [0.2, 0.25) is 0 Å². The van der Waals surface area contributed by atoms with Crippen LogP contribution < -0.4 is 10.1 Å². The summed E-state index contributed by atoms with van der Waals surface area (Å²) >= 11 is 1.60. The Labute approximate surface area is 182 Å². The Balaban J connectivity index is 1.60. The highest BCUT2D eigenvalue weighted by Crippen LogP contribution is 2.17. The van der Waals surface area contributed by atoms with Gasteiger partial charge in [-0.25, -0.2) is 4.98 Å². The summed E-state index contributed by atoms with van der Waals surface area (Å²) in [6, 6.07) is 16.0. The van der Waals surface area contributed by atoms with Gasteiger partial charge in [-0.2, -0.15) is 0 Å². The second-order valence-electron chi connectivity index (χ2n) is 7.63. The SMILES string of the molecule is Cc1nc(COc2cccc(C(=O)NCc3ccccc3CN(C)C(C)C)c2)cs1. The first-order chi connectivity index (χ1) is 14.4. The van der Waals surface area contributed by atoms with E-state index in [-0.39, 0.29) is 5.91 Å². The molecule has 1 N–H and O–H groups in total. The molecule has 6 heteroatoms. The van der Waals surface area contributed by atoms with Crippen LogP contribution in [0.25, 0.3) is 0 Å². The number of ether oxygens (including phenoxy) is 1. The lowest BCUT2D eigenvalue weighted by atomic mass is 10.1. The third-order valence-corrected chi connectivity index (χ3v) is 5.83. The van der Waals surface area contributed by atoms with E-state index in [1.807, 2.05) is 36.6 Å². The molecule has 0 aliphatic heterocycles. The summed E-state index contributed by atoms with van der Waals surface area (Å²) in [6.07, 6.45) is 0. The van der Waals surface area contributed by atoms with Gasteiger partial charge in [-0.1, -0.05) is 30.3 Å². The zero-order chi connectivity index (χ0) is 21.5. The summed E-state index contributed by atoms with van der Waals surface area (Å²) < 4.78 is 5.80. The molecule has 1 amide bonds.